The molecule has 0 spiro atoms. The summed E-state index contributed by atoms with van der Waals surface area (Å²) in [4.78, 5) is 15.0. The van der Waals surface area contributed by atoms with Crippen molar-refractivity contribution in [3.8, 4) is 0 Å². The molecule has 0 bridgehead atoms. The van der Waals surface area contributed by atoms with E-state index in [2.05, 4.69) is 15.5 Å². The van der Waals surface area contributed by atoms with Gasteiger partial charge in [0.15, 0.2) is 0 Å². The van der Waals surface area contributed by atoms with Crippen LogP contribution in [0.5, 0.6) is 0 Å². The lowest BCUT2D eigenvalue weighted by atomic mass is 10.1. The van der Waals surface area contributed by atoms with Gasteiger partial charge < -0.3 is 25.0 Å². The van der Waals surface area contributed by atoms with Crippen molar-refractivity contribution in [2.45, 2.75) is 44.5 Å². The van der Waals surface area contributed by atoms with Crippen molar-refractivity contribution in [3.05, 3.63) is 11.7 Å². The molecule has 2 heterocycles. The third-order valence-corrected chi connectivity index (χ3v) is 3.37. The van der Waals surface area contributed by atoms with Crippen molar-refractivity contribution in [2.75, 3.05) is 13.7 Å². The highest BCUT2D eigenvalue weighted by atomic mass is 16.5. The third kappa shape index (κ3) is 3.26. The van der Waals surface area contributed by atoms with E-state index in [1.807, 2.05) is 13.8 Å². The minimum atomic E-state index is -0.628. The summed E-state index contributed by atoms with van der Waals surface area (Å²) in [6, 6.07) is -0.555. The van der Waals surface area contributed by atoms with Crippen molar-refractivity contribution in [2.24, 2.45) is 5.73 Å². The van der Waals surface area contributed by atoms with Gasteiger partial charge in [-0.3, -0.25) is 0 Å². The van der Waals surface area contributed by atoms with Crippen LogP contribution in [0.25, 0.3) is 0 Å². The summed E-state index contributed by atoms with van der Waals surface area (Å²) in [5, 5.41) is 6.47. The fraction of sp³-hybridized carbons (Fsp3) is 0.750. The summed E-state index contributed by atoms with van der Waals surface area (Å²) in [6.45, 7) is 4.08. The number of amides is 2. The molecule has 0 radical (unpaired) electrons. The van der Waals surface area contributed by atoms with Crippen LogP contribution in [0, 0.1) is 0 Å². The monoisotopic (exact) mass is 284 g/mol. The van der Waals surface area contributed by atoms with Gasteiger partial charge in [-0.25, -0.2) is 4.79 Å². The van der Waals surface area contributed by atoms with Gasteiger partial charge in [0, 0.05) is 13.7 Å². The van der Waals surface area contributed by atoms with Crippen molar-refractivity contribution in [3.63, 3.8) is 0 Å². The molecule has 2 rings (SSSR count). The predicted octanol–water partition coefficient (Wildman–Crippen LogP) is 0.840. The Morgan fingerprint density at radius 3 is 2.95 bits per heavy atom. The number of nitrogens with two attached hydrogens (primary N) is 1. The molecule has 2 unspecified atom stereocenters. The van der Waals surface area contributed by atoms with Gasteiger partial charge in [-0.15, -0.1) is 0 Å². The van der Waals surface area contributed by atoms with Gasteiger partial charge in [0.2, 0.25) is 5.82 Å². The quantitative estimate of drug-likeness (QED) is 0.828. The molecular weight excluding hydrogens is 264 g/mol. The van der Waals surface area contributed by atoms with Gasteiger partial charge in [-0.1, -0.05) is 5.16 Å². The number of carbonyl (C=O) groups is 1. The number of nitrogens with one attached hydrogen (secondary N) is 1. The van der Waals surface area contributed by atoms with Crippen molar-refractivity contribution >= 4 is 6.03 Å². The lowest BCUT2D eigenvalue weighted by Gasteiger charge is -2.16. The van der Waals surface area contributed by atoms with Crippen LogP contribution in [0.3, 0.4) is 0 Å². The second-order valence-electron chi connectivity index (χ2n) is 5.24. The van der Waals surface area contributed by atoms with Crippen LogP contribution in [0.2, 0.25) is 0 Å². The Labute approximate surface area is 117 Å². The van der Waals surface area contributed by atoms with Gasteiger partial charge in [-0.05, 0) is 26.7 Å². The van der Waals surface area contributed by atoms with E-state index in [1.165, 1.54) is 0 Å². The molecule has 1 aliphatic rings. The molecular formula is C12H20N4O4. The number of carbonyl (C=O) groups excluding carboxylic acids is 1. The van der Waals surface area contributed by atoms with Gasteiger partial charge in [-0.2, -0.15) is 4.98 Å². The van der Waals surface area contributed by atoms with Crippen LogP contribution in [0.1, 0.15) is 44.5 Å². The minimum absolute atomic E-state index is 0.0788. The molecule has 0 aromatic carbocycles. The number of nitrogens with zero attached hydrogens (tertiary/aromatic N) is 2. The molecule has 0 aliphatic carbocycles. The van der Waals surface area contributed by atoms with Crippen molar-refractivity contribution < 1.29 is 18.8 Å². The van der Waals surface area contributed by atoms with E-state index in [0.29, 0.717) is 18.3 Å². The highest BCUT2D eigenvalue weighted by Crippen LogP contribution is 2.32. The average Bonchev–Trinajstić information content (AvgIpc) is 3.05. The number of hydrogen-bond acceptors (Lipinski definition) is 6. The Morgan fingerprint density at radius 1 is 1.55 bits per heavy atom. The number of primary amides is 1. The molecule has 1 saturated heterocycles. The Kier molecular flexibility index (Phi) is 4.24. The second-order valence-corrected chi connectivity index (χ2v) is 5.24. The number of methoxy groups -OCH3 is 1. The normalized spacial score (nSPS) is 22.9. The van der Waals surface area contributed by atoms with E-state index in [9.17, 15) is 4.79 Å². The van der Waals surface area contributed by atoms with Crippen LogP contribution >= 0.6 is 0 Å². The molecule has 2 atom stereocenters. The zero-order valence-corrected chi connectivity index (χ0v) is 11.9. The first-order valence-electron chi connectivity index (χ1n) is 6.50. The highest BCUT2D eigenvalue weighted by Gasteiger charge is 2.33. The predicted molar refractivity (Wildman–Crippen MR) is 68.8 cm³/mol. The second kappa shape index (κ2) is 5.76. The minimum Gasteiger partial charge on any atom is -0.369 e. The Bertz CT molecular complexity index is 474. The van der Waals surface area contributed by atoms with Gasteiger partial charge >= 0.3 is 6.03 Å². The summed E-state index contributed by atoms with van der Waals surface area (Å²) < 4.78 is 16.3. The van der Waals surface area contributed by atoms with Crippen molar-refractivity contribution in [1.82, 2.24) is 15.5 Å². The first-order chi connectivity index (χ1) is 9.42. The zero-order valence-electron chi connectivity index (χ0n) is 11.9. The number of aromatic nitrogens is 2. The molecule has 0 saturated carbocycles. The Balaban J connectivity index is 1.95. The van der Waals surface area contributed by atoms with E-state index in [4.69, 9.17) is 19.7 Å². The Hall–Kier alpha value is -1.67. The summed E-state index contributed by atoms with van der Waals surface area (Å²) in [5.74, 6) is 0.920. The SMILES string of the molecule is COC(C)(C)c1nc(C2CCC(CNC(N)=O)O2)no1. The first-order valence-corrected chi connectivity index (χ1v) is 6.50. The topological polar surface area (TPSA) is 113 Å². The summed E-state index contributed by atoms with van der Waals surface area (Å²) in [5.41, 5.74) is 4.40. The average molecular weight is 284 g/mol. The van der Waals surface area contributed by atoms with Gasteiger partial charge in [0.25, 0.3) is 5.89 Å². The number of rotatable bonds is 5. The number of ether oxygens (including phenoxy) is 2. The number of hydrogen-bond donors (Lipinski definition) is 2. The smallest absolute Gasteiger partial charge is 0.312 e. The molecule has 3 N–H and O–H groups in total. The molecule has 1 aromatic rings. The van der Waals surface area contributed by atoms with Gasteiger partial charge in [0.05, 0.1) is 6.10 Å². The summed E-state index contributed by atoms with van der Waals surface area (Å²) in [7, 11) is 1.58. The van der Waals surface area contributed by atoms with E-state index >= 15 is 0 Å². The van der Waals surface area contributed by atoms with E-state index in [-0.39, 0.29) is 12.2 Å². The molecule has 1 fully saturated rings. The molecule has 112 valence electrons. The van der Waals surface area contributed by atoms with Crippen molar-refractivity contribution in [1.29, 1.82) is 0 Å². The zero-order chi connectivity index (χ0) is 14.8. The maximum Gasteiger partial charge on any atom is 0.312 e. The van der Waals surface area contributed by atoms with Gasteiger partial charge in [0.1, 0.15) is 11.7 Å². The van der Waals surface area contributed by atoms with Crippen LogP contribution in [0.4, 0.5) is 4.79 Å². The standard InChI is InChI=1S/C12H20N4O4/c1-12(2,18-3)10-15-9(16-20-10)8-5-4-7(19-8)6-14-11(13)17/h7-8H,4-6H2,1-3H3,(H3,13,14,17). The first kappa shape index (κ1) is 14.7. The van der Waals surface area contributed by atoms with E-state index in [0.717, 1.165) is 12.8 Å². The molecule has 1 aromatic heterocycles. The van der Waals surface area contributed by atoms with Crippen LogP contribution in [-0.2, 0) is 15.1 Å². The lowest BCUT2D eigenvalue weighted by molar-refractivity contribution is -0.00787. The fourth-order valence-electron chi connectivity index (χ4n) is 1.96. The summed E-state index contributed by atoms with van der Waals surface area (Å²) in [6.07, 6.45) is 1.28. The molecule has 8 heteroatoms. The summed E-state index contributed by atoms with van der Waals surface area (Å²) >= 11 is 0. The molecule has 8 nitrogen and oxygen atoms in total. The molecule has 2 amide bonds. The van der Waals surface area contributed by atoms with Crippen LogP contribution in [-0.4, -0.2) is 35.9 Å². The maximum atomic E-state index is 10.7. The van der Waals surface area contributed by atoms with Crippen LogP contribution in [0.15, 0.2) is 4.52 Å². The maximum absolute atomic E-state index is 10.7. The molecule has 1 aliphatic heterocycles. The van der Waals surface area contributed by atoms with E-state index in [1.54, 1.807) is 7.11 Å². The lowest BCUT2D eigenvalue weighted by Crippen LogP contribution is -2.35. The molecule has 20 heavy (non-hydrogen) atoms. The largest absolute Gasteiger partial charge is 0.369 e. The fourth-order valence-corrected chi connectivity index (χ4v) is 1.96. The third-order valence-electron chi connectivity index (χ3n) is 3.37. The van der Waals surface area contributed by atoms with E-state index < -0.39 is 11.6 Å². The Morgan fingerprint density at radius 2 is 2.30 bits per heavy atom. The van der Waals surface area contributed by atoms with Crippen LogP contribution < -0.4 is 11.1 Å². The highest BCUT2D eigenvalue weighted by molar-refractivity contribution is 5.71. The number of urea groups is 1.